The first kappa shape index (κ1) is 18.3. The van der Waals surface area contributed by atoms with Crippen molar-refractivity contribution in [2.24, 2.45) is 0 Å². The highest BCUT2D eigenvalue weighted by Crippen LogP contribution is 2.43. The predicted octanol–water partition coefficient (Wildman–Crippen LogP) is 5.48. The van der Waals surface area contributed by atoms with Gasteiger partial charge in [-0.3, -0.25) is 0 Å². The largest absolute Gasteiger partial charge is 0.478 e. The highest BCUT2D eigenvalue weighted by molar-refractivity contribution is 6.04. The molecule has 142 valence electrons. The number of carbonyl (C=O) groups is 1. The molecule has 0 aliphatic heterocycles. The highest BCUT2D eigenvalue weighted by Gasteiger charge is 2.31. The fourth-order valence-corrected chi connectivity index (χ4v) is 4.67. The number of para-hydroxylation sites is 1. The minimum absolute atomic E-state index is 0.359. The number of aromatic carboxylic acids is 1. The quantitative estimate of drug-likeness (QED) is 0.623. The molecule has 1 aliphatic carbocycles. The second-order valence-corrected chi connectivity index (χ2v) is 7.65. The van der Waals surface area contributed by atoms with Gasteiger partial charge in [-0.15, -0.1) is 0 Å². The van der Waals surface area contributed by atoms with Crippen LogP contribution in [0.5, 0.6) is 0 Å². The molecular weight excluding hydrogens is 348 g/mol. The summed E-state index contributed by atoms with van der Waals surface area (Å²) in [5.74, 6) is -0.415. The summed E-state index contributed by atoms with van der Waals surface area (Å²) in [6, 6.07) is 15.4. The summed E-state index contributed by atoms with van der Waals surface area (Å²) in [5, 5.41) is 20.1. The Balaban J connectivity index is 1.91. The van der Waals surface area contributed by atoms with Crippen LogP contribution in [0.1, 0.15) is 71.3 Å². The van der Waals surface area contributed by atoms with E-state index in [-0.39, 0.29) is 0 Å². The summed E-state index contributed by atoms with van der Waals surface area (Å²) >= 11 is 0. The van der Waals surface area contributed by atoms with E-state index in [1.165, 1.54) is 17.7 Å². The third kappa shape index (κ3) is 3.07. The van der Waals surface area contributed by atoms with Gasteiger partial charge in [0, 0.05) is 17.6 Å². The van der Waals surface area contributed by atoms with Crippen LogP contribution in [-0.2, 0) is 13.0 Å². The Kier molecular flexibility index (Phi) is 4.92. The summed E-state index contributed by atoms with van der Waals surface area (Å²) < 4.78 is 2.22. The topological polar surface area (TPSA) is 66.0 Å². The Morgan fingerprint density at radius 2 is 2.11 bits per heavy atom. The molecule has 3 aromatic rings. The first-order valence-electron chi connectivity index (χ1n) is 10.00. The molecule has 0 fully saturated rings. The maximum Gasteiger partial charge on any atom is 0.337 e. The lowest BCUT2D eigenvalue weighted by Gasteiger charge is -2.17. The van der Waals surface area contributed by atoms with Crippen molar-refractivity contribution in [3.63, 3.8) is 0 Å². The van der Waals surface area contributed by atoms with E-state index in [0.29, 0.717) is 23.6 Å². The molecule has 28 heavy (non-hydrogen) atoms. The summed E-state index contributed by atoms with van der Waals surface area (Å²) in [7, 11) is 0. The molecule has 1 aromatic heterocycles. The van der Waals surface area contributed by atoms with Crippen molar-refractivity contribution in [1.82, 2.24) is 4.57 Å². The monoisotopic (exact) mass is 372 g/mol. The number of rotatable bonds is 6. The van der Waals surface area contributed by atoms with Gasteiger partial charge in [-0.1, -0.05) is 44.0 Å². The average Bonchev–Trinajstić information content (AvgIpc) is 3.26. The van der Waals surface area contributed by atoms with Crippen LogP contribution in [0.4, 0.5) is 0 Å². The van der Waals surface area contributed by atoms with Gasteiger partial charge >= 0.3 is 5.97 Å². The van der Waals surface area contributed by atoms with Crippen molar-refractivity contribution < 1.29 is 9.90 Å². The summed E-state index contributed by atoms with van der Waals surface area (Å²) in [5.41, 5.74) is 5.46. The van der Waals surface area contributed by atoms with Crippen LogP contribution in [0.25, 0.3) is 10.9 Å². The molecule has 1 aliphatic rings. The van der Waals surface area contributed by atoms with Crippen molar-refractivity contribution in [2.45, 2.75) is 51.5 Å². The number of benzene rings is 2. The maximum absolute atomic E-state index is 11.9. The molecule has 0 radical (unpaired) electrons. The van der Waals surface area contributed by atoms with Crippen LogP contribution in [0.15, 0.2) is 42.5 Å². The predicted molar refractivity (Wildman–Crippen MR) is 110 cm³/mol. The van der Waals surface area contributed by atoms with E-state index in [1.54, 1.807) is 12.1 Å². The molecular formula is C24H24N2O2. The van der Waals surface area contributed by atoms with E-state index >= 15 is 0 Å². The Labute approximate surface area is 165 Å². The SMILES string of the molecule is CCCCC1CCc2c1n(Cc1cccc(C#N)c1)c1c(C(=O)O)cccc21. The molecule has 1 N–H and O–H groups in total. The number of hydrogen-bond acceptors (Lipinski definition) is 2. The van der Waals surface area contributed by atoms with Gasteiger partial charge in [-0.2, -0.15) is 5.26 Å². The standard InChI is InChI=1S/C24H24N2O2/c1-2-3-8-18-11-12-20-19-9-5-10-21(24(27)28)23(19)26(22(18)20)15-17-7-4-6-16(13-17)14-25/h4-7,9-10,13,18H,2-3,8,11-12,15H2,1H3,(H,27,28). The Bertz CT molecular complexity index is 1090. The number of carboxylic acid groups (broad SMARTS) is 1. The number of fused-ring (bicyclic) bond motifs is 3. The average molecular weight is 372 g/mol. The van der Waals surface area contributed by atoms with E-state index in [0.717, 1.165) is 42.1 Å². The van der Waals surface area contributed by atoms with E-state index in [2.05, 4.69) is 23.6 Å². The van der Waals surface area contributed by atoms with Crippen molar-refractivity contribution in [1.29, 1.82) is 5.26 Å². The normalized spacial score (nSPS) is 15.5. The van der Waals surface area contributed by atoms with Crippen molar-refractivity contribution >= 4 is 16.9 Å². The lowest BCUT2D eigenvalue weighted by molar-refractivity contribution is 0.0698. The third-order valence-electron chi connectivity index (χ3n) is 5.89. The summed E-state index contributed by atoms with van der Waals surface area (Å²) in [4.78, 5) is 11.9. The van der Waals surface area contributed by atoms with Gasteiger partial charge in [-0.05, 0) is 54.5 Å². The summed E-state index contributed by atoms with van der Waals surface area (Å²) in [6.07, 6.45) is 5.63. The van der Waals surface area contributed by atoms with E-state index in [1.807, 2.05) is 24.3 Å². The molecule has 4 rings (SSSR count). The fourth-order valence-electron chi connectivity index (χ4n) is 4.67. The number of nitrogens with zero attached hydrogens (tertiary/aromatic N) is 2. The zero-order valence-corrected chi connectivity index (χ0v) is 16.1. The molecule has 1 unspecified atom stereocenters. The Hall–Kier alpha value is -3.06. The van der Waals surface area contributed by atoms with E-state index in [4.69, 9.17) is 0 Å². The minimum Gasteiger partial charge on any atom is -0.478 e. The highest BCUT2D eigenvalue weighted by atomic mass is 16.4. The zero-order chi connectivity index (χ0) is 19.7. The van der Waals surface area contributed by atoms with E-state index in [9.17, 15) is 15.2 Å². The van der Waals surface area contributed by atoms with Crippen molar-refractivity contribution in [2.75, 3.05) is 0 Å². The van der Waals surface area contributed by atoms with Crippen LogP contribution in [0.2, 0.25) is 0 Å². The second-order valence-electron chi connectivity index (χ2n) is 7.65. The van der Waals surface area contributed by atoms with Gasteiger partial charge in [0.05, 0.1) is 22.7 Å². The molecule has 2 aromatic carbocycles. The molecule has 0 saturated carbocycles. The molecule has 0 amide bonds. The lowest BCUT2D eigenvalue weighted by Crippen LogP contribution is -2.10. The van der Waals surface area contributed by atoms with Gasteiger partial charge in [0.2, 0.25) is 0 Å². The zero-order valence-electron chi connectivity index (χ0n) is 16.1. The Morgan fingerprint density at radius 3 is 2.86 bits per heavy atom. The van der Waals surface area contributed by atoms with Crippen LogP contribution < -0.4 is 0 Å². The van der Waals surface area contributed by atoms with Gasteiger partial charge in [0.25, 0.3) is 0 Å². The summed E-state index contributed by atoms with van der Waals surface area (Å²) in [6.45, 7) is 2.80. The van der Waals surface area contributed by atoms with Crippen LogP contribution in [0, 0.1) is 11.3 Å². The number of nitriles is 1. The molecule has 0 spiro atoms. The first-order chi connectivity index (χ1) is 13.6. The van der Waals surface area contributed by atoms with Crippen LogP contribution >= 0.6 is 0 Å². The van der Waals surface area contributed by atoms with Gasteiger partial charge in [0.15, 0.2) is 0 Å². The first-order valence-corrected chi connectivity index (χ1v) is 10.00. The smallest absolute Gasteiger partial charge is 0.337 e. The molecule has 0 bridgehead atoms. The molecule has 1 atom stereocenters. The second kappa shape index (κ2) is 7.52. The molecule has 1 heterocycles. The van der Waals surface area contributed by atoms with Crippen molar-refractivity contribution in [3.8, 4) is 6.07 Å². The van der Waals surface area contributed by atoms with E-state index < -0.39 is 5.97 Å². The molecule has 0 saturated heterocycles. The number of aryl methyl sites for hydroxylation is 1. The van der Waals surface area contributed by atoms with Gasteiger partial charge < -0.3 is 9.67 Å². The van der Waals surface area contributed by atoms with Crippen molar-refractivity contribution in [3.05, 3.63) is 70.4 Å². The number of hydrogen-bond donors (Lipinski definition) is 1. The minimum atomic E-state index is -0.890. The van der Waals surface area contributed by atoms with Gasteiger partial charge in [-0.25, -0.2) is 4.79 Å². The third-order valence-corrected chi connectivity index (χ3v) is 5.89. The molecule has 4 nitrogen and oxygen atoms in total. The van der Waals surface area contributed by atoms with Crippen LogP contribution in [-0.4, -0.2) is 15.6 Å². The number of carboxylic acids is 1. The van der Waals surface area contributed by atoms with Gasteiger partial charge in [0.1, 0.15) is 0 Å². The Morgan fingerprint density at radius 1 is 1.29 bits per heavy atom. The lowest BCUT2D eigenvalue weighted by atomic mass is 9.99. The maximum atomic E-state index is 11.9. The molecule has 4 heteroatoms. The van der Waals surface area contributed by atoms with Crippen LogP contribution in [0.3, 0.4) is 0 Å². The number of aromatic nitrogens is 1. The fraction of sp³-hybridized carbons (Fsp3) is 0.333. The number of unbranched alkanes of at least 4 members (excludes halogenated alkanes) is 1.